The van der Waals surface area contributed by atoms with Crippen LogP contribution < -0.4 is 10.1 Å². The Hall–Kier alpha value is -2.34. The van der Waals surface area contributed by atoms with Gasteiger partial charge in [-0.25, -0.2) is 0 Å². The first-order valence-electron chi connectivity index (χ1n) is 5.81. The summed E-state index contributed by atoms with van der Waals surface area (Å²) in [4.78, 5) is 12.1. The van der Waals surface area contributed by atoms with Gasteiger partial charge in [-0.1, -0.05) is 23.7 Å². The van der Waals surface area contributed by atoms with Crippen molar-refractivity contribution in [3.63, 3.8) is 0 Å². The number of ether oxygens (including phenoxy) is 1. The van der Waals surface area contributed by atoms with Crippen molar-refractivity contribution in [2.24, 2.45) is 0 Å². The van der Waals surface area contributed by atoms with Crippen molar-refractivity contribution in [2.75, 3.05) is 5.32 Å². The van der Waals surface area contributed by atoms with Gasteiger partial charge in [0.1, 0.15) is 11.5 Å². The van der Waals surface area contributed by atoms with Crippen molar-refractivity contribution in [3.8, 4) is 11.5 Å². The molecule has 7 heteroatoms. The number of phenols is 1. The zero-order valence-corrected chi connectivity index (χ0v) is 11.3. The molecule has 0 atom stereocenters. The van der Waals surface area contributed by atoms with Gasteiger partial charge in [0.05, 0.1) is 16.3 Å². The van der Waals surface area contributed by atoms with Crippen LogP contribution in [0, 0.1) is 0 Å². The second kappa shape index (κ2) is 6.41. The lowest BCUT2D eigenvalue weighted by atomic mass is 10.2. The lowest BCUT2D eigenvalue weighted by Crippen LogP contribution is -2.14. The number of benzene rings is 2. The highest BCUT2D eigenvalue weighted by molar-refractivity contribution is 6.34. The minimum atomic E-state index is -3.01. The van der Waals surface area contributed by atoms with E-state index in [1.165, 1.54) is 36.4 Å². The molecule has 0 aliphatic carbocycles. The number of carbonyl (C=O) groups is 1. The van der Waals surface area contributed by atoms with Crippen LogP contribution in [0.1, 0.15) is 10.4 Å². The maximum Gasteiger partial charge on any atom is 0.387 e. The summed E-state index contributed by atoms with van der Waals surface area (Å²) >= 11 is 5.86. The first-order chi connectivity index (χ1) is 9.97. The molecular formula is C14H10ClF2NO3. The lowest BCUT2D eigenvalue weighted by molar-refractivity contribution is -0.0493. The van der Waals surface area contributed by atoms with Crippen LogP contribution in [0.25, 0.3) is 0 Å². The molecule has 21 heavy (non-hydrogen) atoms. The summed E-state index contributed by atoms with van der Waals surface area (Å²) in [7, 11) is 0. The third-order valence-electron chi connectivity index (χ3n) is 2.55. The van der Waals surface area contributed by atoms with Crippen LogP contribution in [0.3, 0.4) is 0 Å². The quantitative estimate of drug-likeness (QED) is 0.900. The van der Waals surface area contributed by atoms with Gasteiger partial charge in [-0.2, -0.15) is 8.78 Å². The van der Waals surface area contributed by atoms with Crippen molar-refractivity contribution < 1.29 is 23.4 Å². The molecule has 110 valence electrons. The molecule has 0 bridgehead atoms. The summed E-state index contributed by atoms with van der Waals surface area (Å²) in [5.74, 6) is -0.958. The summed E-state index contributed by atoms with van der Waals surface area (Å²) in [5.41, 5.74) is 0.0886. The average Bonchev–Trinajstić information content (AvgIpc) is 2.43. The van der Waals surface area contributed by atoms with Crippen LogP contribution in [-0.4, -0.2) is 17.6 Å². The van der Waals surface area contributed by atoms with Gasteiger partial charge in [0.25, 0.3) is 5.91 Å². The highest BCUT2D eigenvalue weighted by Gasteiger charge is 2.15. The molecular weight excluding hydrogens is 304 g/mol. The number of anilines is 1. The zero-order valence-electron chi connectivity index (χ0n) is 10.5. The monoisotopic (exact) mass is 313 g/mol. The van der Waals surface area contributed by atoms with Crippen molar-refractivity contribution in [3.05, 3.63) is 53.1 Å². The Bertz CT molecular complexity index is 664. The van der Waals surface area contributed by atoms with E-state index in [9.17, 15) is 18.7 Å². The average molecular weight is 314 g/mol. The summed E-state index contributed by atoms with van der Waals surface area (Å²) in [6.07, 6.45) is 0. The molecule has 0 fully saturated rings. The van der Waals surface area contributed by atoms with E-state index in [-0.39, 0.29) is 27.8 Å². The first kappa shape index (κ1) is 15.1. The van der Waals surface area contributed by atoms with E-state index in [1.54, 1.807) is 6.07 Å². The fraction of sp³-hybridized carbons (Fsp3) is 0.0714. The van der Waals surface area contributed by atoms with Crippen LogP contribution in [-0.2, 0) is 0 Å². The lowest BCUT2D eigenvalue weighted by Gasteiger charge is -2.12. The third-order valence-corrected chi connectivity index (χ3v) is 2.88. The largest absolute Gasteiger partial charge is 0.508 e. The molecule has 0 saturated heterocycles. The van der Waals surface area contributed by atoms with E-state index in [1.807, 2.05) is 0 Å². The predicted molar refractivity (Wildman–Crippen MR) is 74.1 cm³/mol. The molecule has 2 aromatic carbocycles. The minimum Gasteiger partial charge on any atom is -0.508 e. The topological polar surface area (TPSA) is 58.6 Å². The molecule has 1 amide bonds. The highest BCUT2D eigenvalue weighted by Crippen LogP contribution is 2.27. The maximum absolute atomic E-state index is 12.3. The van der Waals surface area contributed by atoms with Crippen LogP contribution in [0.4, 0.5) is 14.5 Å². The molecule has 0 aliphatic rings. The Morgan fingerprint density at radius 1 is 1.24 bits per heavy atom. The third kappa shape index (κ3) is 3.82. The van der Waals surface area contributed by atoms with Crippen LogP contribution in [0.2, 0.25) is 5.02 Å². The smallest absolute Gasteiger partial charge is 0.387 e. The molecule has 2 aromatic rings. The summed E-state index contributed by atoms with van der Waals surface area (Å²) in [6, 6.07) is 9.61. The van der Waals surface area contributed by atoms with Gasteiger partial charge in [0.15, 0.2) is 0 Å². The van der Waals surface area contributed by atoms with Gasteiger partial charge in [0, 0.05) is 0 Å². The predicted octanol–water partition coefficient (Wildman–Crippen LogP) is 3.90. The van der Waals surface area contributed by atoms with Gasteiger partial charge >= 0.3 is 6.61 Å². The normalized spacial score (nSPS) is 10.5. The van der Waals surface area contributed by atoms with E-state index in [4.69, 9.17) is 11.6 Å². The first-order valence-corrected chi connectivity index (χ1v) is 6.19. The maximum atomic E-state index is 12.3. The fourth-order valence-corrected chi connectivity index (χ4v) is 1.85. The molecule has 0 unspecified atom stereocenters. The van der Waals surface area contributed by atoms with Crippen molar-refractivity contribution in [1.82, 2.24) is 0 Å². The molecule has 2 rings (SSSR count). The van der Waals surface area contributed by atoms with Gasteiger partial charge in [-0.3, -0.25) is 4.79 Å². The van der Waals surface area contributed by atoms with E-state index in [0.717, 1.165) is 0 Å². The van der Waals surface area contributed by atoms with Crippen LogP contribution >= 0.6 is 11.6 Å². The van der Waals surface area contributed by atoms with Gasteiger partial charge in [-0.15, -0.1) is 0 Å². The van der Waals surface area contributed by atoms with Crippen molar-refractivity contribution >= 4 is 23.2 Å². The van der Waals surface area contributed by atoms with Crippen molar-refractivity contribution in [1.29, 1.82) is 0 Å². The van der Waals surface area contributed by atoms with Crippen molar-refractivity contribution in [2.45, 2.75) is 6.61 Å². The number of carbonyl (C=O) groups excluding carboxylic acids is 1. The minimum absolute atomic E-state index is 0.0171. The molecule has 0 aliphatic heterocycles. The number of para-hydroxylation sites is 2. The molecule has 2 N–H and O–H groups in total. The Morgan fingerprint density at radius 3 is 2.67 bits per heavy atom. The number of rotatable bonds is 4. The number of alkyl halides is 2. The summed E-state index contributed by atoms with van der Waals surface area (Å²) in [6.45, 7) is -3.01. The number of amides is 1. The fourth-order valence-electron chi connectivity index (χ4n) is 1.65. The summed E-state index contributed by atoms with van der Waals surface area (Å²) in [5, 5.41) is 11.9. The zero-order chi connectivity index (χ0) is 15.4. The van der Waals surface area contributed by atoms with Crippen LogP contribution in [0.5, 0.6) is 11.5 Å². The second-order valence-electron chi connectivity index (χ2n) is 3.99. The van der Waals surface area contributed by atoms with Gasteiger partial charge < -0.3 is 15.2 Å². The Morgan fingerprint density at radius 2 is 1.95 bits per heavy atom. The number of aromatic hydroxyl groups is 1. The van der Waals surface area contributed by atoms with E-state index >= 15 is 0 Å². The van der Waals surface area contributed by atoms with Gasteiger partial charge in [0.2, 0.25) is 0 Å². The number of hydrogen-bond donors (Lipinski definition) is 2. The van der Waals surface area contributed by atoms with E-state index < -0.39 is 12.5 Å². The SMILES string of the molecule is O=C(Nc1ccccc1OC(F)F)c1cc(O)ccc1Cl. The Kier molecular flexibility index (Phi) is 4.59. The highest BCUT2D eigenvalue weighted by atomic mass is 35.5. The molecule has 0 aromatic heterocycles. The molecule has 0 saturated carbocycles. The Labute approximate surface area is 123 Å². The molecule has 0 heterocycles. The number of hydrogen-bond acceptors (Lipinski definition) is 3. The molecule has 0 radical (unpaired) electrons. The molecule has 4 nitrogen and oxygen atoms in total. The Balaban J connectivity index is 2.25. The second-order valence-corrected chi connectivity index (χ2v) is 4.40. The van der Waals surface area contributed by atoms with Crippen LogP contribution in [0.15, 0.2) is 42.5 Å². The van der Waals surface area contributed by atoms with E-state index in [2.05, 4.69) is 10.1 Å². The van der Waals surface area contributed by atoms with Gasteiger partial charge in [-0.05, 0) is 30.3 Å². The number of halogens is 3. The number of nitrogens with one attached hydrogen (secondary N) is 1. The number of phenolic OH excluding ortho intramolecular Hbond substituents is 1. The summed E-state index contributed by atoms with van der Waals surface area (Å²) < 4.78 is 28.9. The standard InChI is InChI=1S/C14H10ClF2NO3/c15-10-6-5-8(19)7-9(10)13(20)18-11-3-1-2-4-12(11)21-14(16)17/h1-7,14,19H,(H,18,20). The van der Waals surface area contributed by atoms with E-state index in [0.29, 0.717) is 0 Å². The molecule has 0 spiro atoms.